The number of piperidine rings is 1. The molecule has 9 heteroatoms. The van der Waals surface area contributed by atoms with Crippen molar-refractivity contribution in [2.45, 2.75) is 37.8 Å². The molecule has 0 aromatic carbocycles. The first kappa shape index (κ1) is 18.2. The van der Waals surface area contributed by atoms with Crippen LogP contribution in [0.2, 0.25) is 0 Å². The Labute approximate surface area is 129 Å². The van der Waals surface area contributed by atoms with Crippen LogP contribution >= 0.6 is 11.8 Å². The van der Waals surface area contributed by atoms with Crippen molar-refractivity contribution in [3.8, 4) is 0 Å². The Morgan fingerprint density at radius 3 is 2.62 bits per heavy atom. The van der Waals surface area contributed by atoms with Crippen molar-refractivity contribution < 1.29 is 23.1 Å². The van der Waals surface area contributed by atoms with E-state index in [-0.39, 0.29) is 0 Å². The summed E-state index contributed by atoms with van der Waals surface area (Å²) in [5, 5.41) is 11.6. The van der Waals surface area contributed by atoms with Gasteiger partial charge in [0, 0.05) is 6.54 Å². The molecule has 0 aliphatic carbocycles. The third-order valence-electron chi connectivity index (χ3n) is 3.41. The van der Waals surface area contributed by atoms with E-state index < -0.39 is 34.0 Å². The Morgan fingerprint density at radius 1 is 1.43 bits per heavy atom. The molecule has 2 atom stereocenters. The molecule has 1 rings (SSSR count). The van der Waals surface area contributed by atoms with Crippen molar-refractivity contribution in [2.75, 3.05) is 24.8 Å². The van der Waals surface area contributed by atoms with Crippen LogP contribution in [0.5, 0.6) is 0 Å². The van der Waals surface area contributed by atoms with Crippen LogP contribution in [0.3, 0.4) is 0 Å². The van der Waals surface area contributed by atoms with Crippen LogP contribution in [0.1, 0.15) is 25.7 Å². The second-order valence-electron chi connectivity index (χ2n) is 5.07. The van der Waals surface area contributed by atoms with Gasteiger partial charge in [-0.05, 0) is 31.3 Å². The van der Waals surface area contributed by atoms with Crippen molar-refractivity contribution in [2.24, 2.45) is 0 Å². The molecule has 1 heterocycles. The van der Waals surface area contributed by atoms with E-state index in [9.17, 15) is 18.0 Å². The van der Waals surface area contributed by atoms with Crippen LogP contribution < -0.4 is 5.32 Å². The number of carboxylic acids is 1. The van der Waals surface area contributed by atoms with Crippen molar-refractivity contribution >= 4 is 33.7 Å². The summed E-state index contributed by atoms with van der Waals surface area (Å²) in [7, 11) is -3.47. The molecule has 7 nitrogen and oxygen atoms in total. The highest BCUT2D eigenvalue weighted by Crippen LogP contribution is 2.20. The van der Waals surface area contributed by atoms with E-state index >= 15 is 0 Å². The first-order valence-electron chi connectivity index (χ1n) is 6.76. The first-order valence-corrected chi connectivity index (χ1v) is 10.0. The molecule has 0 aromatic rings. The quantitative estimate of drug-likeness (QED) is 0.683. The molecule has 0 bridgehead atoms. The molecular weight excluding hydrogens is 316 g/mol. The number of carbonyl (C=O) groups excluding carboxylic acids is 1. The number of sulfonamides is 1. The lowest BCUT2D eigenvalue weighted by Gasteiger charge is -2.33. The van der Waals surface area contributed by atoms with Crippen molar-refractivity contribution in [3.05, 3.63) is 0 Å². The van der Waals surface area contributed by atoms with Crippen molar-refractivity contribution in [1.29, 1.82) is 0 Å². The largest absolute Gasteiger partial charge is 0.480 e. The molecule has 0 saturated carbocycles. The second-order valence-corrected chi connectivity index (χ2v) is 7.99. The number of amides is 1. The van der Waals surface area contributed by atoms with E-state index in [0.29, 0.717) is 31.6 Å². The molecule has 1 aliphatic rings. The molecule has 1 amide bonds. The zero-order valence-electron chi connectivity index (χ0n) is 12.2. The Kier molecular flexibility index (Phi) is 6.95. The molecule has 1 saturated heterocycles. The predicted molar refractivity (Wildman–Crippen MR) is 81.8 cm³/mol. The maximum absolute atomic E-state index is 12.2. The molecular formula is C12H22N2O5S2. The van der Waals surface area contributed by atoms with E-state index in [4.69, 9.17) is 5.11 Å². The fourth-order valence-corrected chi connectivity index (χ4v) is 3.92. The zero-order valence-corrected chi connectivity index (χ0v) is 13.9. The number of carbonyl (C=O) groups is 2. The predicted octanol–water partition coefficient (Wildman–Crippen LogP) is 0.123. The molecule has 21 heavy (non-hydrogen) atoms. The standard InChI is InChI=1S/C12H22N2O5S2/c1-20-8-6-9(12(16)17)13-11(15)10-5-3-4-7-14(10)21(2,18)19/h9-10H,3-8H2,1-2H3,(H,13,15)(H,16,17)/t9-,10?/m0/s1. The fraction of sp³-hybridized carbons (Fsp3) is 0.833. The average molecular weight is 338 g/mol. The molecule has 122 valence electrons. The monoisotopic (exact) mass is 338 g/mol. The van der Waals surface area contributed by atoms with Gasteiger partial charge in [-0.25, -0.2) is 13.2 Å². The Morgan fingerprint density at radius 2 is 2.10 bits per heavy atom. The van der Waals surface area contributed by atoms with Gasteiger partial charge in [0.25, 0.3) is 0 Å². The van der Waals surface area contributed by atoms with Gasteiger partial charge in [0.1, 0.15) is 12.1 Å². The first-order chi connectivity index (χ1) is 9.77. The molecule has 1 aliphatic heterocycles. The van der Waals surface area contributed by atoms with Gasteiger partial charge in [-0.1, -0.05) is 6.42 Å². The number of nitrogens with zero attached hydrogens (tertiary/aromatic N) is 1. The summed E-state index contributed by atoms with van der Waals surface area (Å²) in [6.45, 7) is 0.305. The van der Waals surface area contributed by atoms with E-state index in [1.165, 1.54) is 16.1 Å². The van der Waals surface area contributed by atoms with Gasteiger partial charge in [-0.2, -0.15) is 16.1 Å². The lowest BCUT2D eigenvalue weighted by molar-refractivity contribution is -0.142. The summed E-state index contributed by atoms with van der Waals surface area (Å²) in [4.78, 5) is 23.4. The van der Waals surface area contributed by atoms with E-state index in [1.807, 2.05) is 6.26 Å². The van der Waals surface area contributed by atoms with Gasteiger partial charge in [0.15, 0.2) is 0 Å². The lowest BCUT2D eigenvalue weighted by Crippen LogP contribution is -2.54. The summed E-state index contributed by atoms with van der Waals surface area (Å²) in [5.74, 6) is -1.01. The van der Waals surface area contributed by atoms with Crippen LogP contribution in [-0.4, -0.2) is 66.6 Å². The zero-order chi connectivity index (χ0) is 16.0. The summed E-state index contributed by atoms with van der Waals surface area (Å²) in [6.07, 6.45) is 5.13. The summed E-state index contributed by atoms with van der Waals surface area (Å²) in [5.41, 5.74) is 0. The van der Waals surface area contributed by atoms with Gasteiger partial charge in [0.05, 0.1) is 6.26 Å². The van der Waals surface area contributed by atoms with E-state index in [1.54, 1.807) is 0 Å². The minimum Gasteiger partial charge on any atom is -0.480 e. The minimum absolute atomic E-state index is 0.305. The van der Waals surface area contributed by atoms with E-state index in [2.05, 4.69) is 5.32 Å². The van der Waals surface area contributed by atoms with Gasteiger partial charge in [-0.15, -0.1) is 0 Å². The summed E-state index contributed by atoms with van der Waals surface area (Å²) >= 11 is 1.49. The Bertz CT molecular complexity index is 480. The summed E-state index contributed by atoms with van der Waals surface area (Å²) < 4.78 is 24.6. The highest BCUT2D eigenvalue weighted by atomic mass is 32.2. The van der Waals surface area contributed by atoms with Gasteiger partial charge in [0.2, 0.25) is 15.9 Å². The normalized spacial score (nSPS) is 21.7. The third kappa shape index (κ3) is 5.48. The smallest absolute Gasteiger partial charge is 0.326 e. The summed E-state index contributed by atoms with van der Waals surface area (Å²) in [6, 6.07) is -1.78. The minimum atomic E-state index is -3.47. The third-order valence-corrected chi connectivity index (χ3v) is 5.34. The highest BCUT2D eigenvalue weighted by molar-refractivity contribution is 7.98. The maximum atomic E-state index is 12.2. The van der Waals surface area contributed by atoms with Gasteiger partial charge < -0.3 is 10.4 Å². The SMILES string of the molecule is CSCC[C@H](NC(=O)C1CCCCN1S(C)(=O)=O)C(=O)O. The average Bonchev–Trinajstić information content (AvgIpc) is 2.42. The molecule has 0 radical (unpaired) electrons. The van der Waals surface area contributed by atoms with Gasteiger partial charge >= 0.3 is 5.97 Å². The molecule has 0 spiro atoms. The highest BCUT2D eigenvalue weighted by Gasteiger charge is 2.35. The van der Waals surface area contributed by atoms with Crippen LogP contribution in [0.25, 0.3) is 0 Å². The number of carboxylic acid groups (broad SMARTS) is 1. The van der Waals surface area contributed by atoms with Crippen molar-refractivity contribution in [1.82, 2.24) is 9.62 Å². The van der Waals surface area contributed by atoms with Gasteiger partial charge in [-0.3, -0.25) is 4.79 Å². The Hall–Kier alpha value is -0.800. The molecule has 1 unspecified atom stereocenters. The molecule has 1 fully saturated rings. The molecule has 2 N–H and O–H groups in total. The topological polar surface area (TPSA) is 104 Å². The number of rotatable bonds is 7. The Balaban J connectivity index is 2.77. The van der Waals surface area contributed by atoms with Crippen LogP contribution in [-0.2, 0) is 19.6 Å². The van der Waals surface area contributed by atoms with Crippen LogP contribution in [0, 0.1) is 0 Å². The maximum Gasteiger partial charge on any atom is 0.326 e. The van der Waals surface area contributed by atoms with Crippen LogP contribution in [0.15, 0.2) is 0 Å². The number of hydrogen-bond acceptors (Lipinski definition) is 5. The number of hydrogen-bond donors (Lipinski definition) is 2. The number of nitrogens with one attached hydrogen (secondary N) is 1. The fourth-order valence-electron chi connectivity index (χ4n) is 2.32. The molecule has 0 aromatic heterocycles. The van der Waals surface area contributed by atoms with E-state index in [0.717, 1.165) is 12.7 Å². The lowest BCUT2D eigenvalue weighted by atomic mass is 10.0. The number of aliphatic carboxylic acids is 1. The number of thioether (sulfide) groups is 1. The second kappa shape index (κ2) is 8.00. The van der Waals surface area contributed by atoms with Crippen LogP contribution in [0.4, 0.5) is 0 Å². The van der Waals surface area contributed by atoms with Crippen molar-refractivity contribution in [3.63, 3.8) is 0 Å².